The Hall–Kier alpha value is -3.47. The molecule has 10 nitrogen and oxygen atoms in total. The average molecular weight is 380 g/mol. The van der Waals surface area contributed by atoms with E-state index >= 15 is 0 Å². The standard InChI is InChI=1S/C15H16N4O6S/c1-9-2-5-11(6-3-9)26(23,24)25-19-15(16)18-17-8-10-4-7-12(20)14(22)13(10)21/h2-8,20-22H,1H3,(H3,16,18,19). The van der Waals surface area contributed by atoms with E-state index in [-0.39, 0.29) is 10.5 Å². The molecule has 0 saturated heterocycles. The second kappa shape index (κ2) is 7.61. The molecule has 11 heteroatoms. The Labute approximate surface area is 149 Å². The van der Waals surface area contributed by atoms with Gasteiger partial charge in [0.1, 0.15) is 4.90 Å². The number of guanidine groups is 1. The summed E-state index contributed by atoms with van der Waals surface area (Å²) < 4.78 is 28.3. The van der Waals surface area contributed by atoms with Crippen molar-refractivity contribution in [2.75, 3.05) is 0 Å². The lowest BCUT2D eigenvalue weighted by Gasteiger charge is -2.04. The van der Waals surface area contributed by atoms with Gasteiger partial charge >= 0.3 is 10.1 Å². The van der Waals surface area contributed by atoms with Crippen LogP contribution in [0.5, 0.6) is 17.2 Å². The molecule has 0 bridgehead atoms. The van der Waals surface area contributed by atoms with E-state index in [1.165, 1.54) is 18.2 Å². The molecule has 0 fully saturated rings. The second-order valence-corrected chi connectivity index (χ2v) is 6.59. The monoisotopic (exact) mass is 380 g/mol. The molecule has 138 valence electrons. The third-order valence-corrected chi connectivity index (χ3v) is 4.21. The highest BCUT2D eigenvalue weighted by Crippen LogP contribution is 2.36. The Morgan fingerprint density at radius 2 is 1.77 bits per heavy atom. The number of hydrogen-bond acceptors (Lipinski definition) is 8. The Morgan fingerprint density at radius 3 is 2.42 bits per heavy atom. The molecule has 0 unspecified atom stereocenters. The van der Waals surface area contributed by atoms with E-state index in [0.29, 0.717) is 0 Å². The average Bonchev–Trinajstić information content (AvgIpc) is 2.60. The van der Waals surface area contributed by atoms with Gasteiger partial charge in [0.25, 0.3) is 5.96 Å². The van der Waals surface area contributed by atoms with Crippen molar-refractivity contribution in [3.05, 3.63) is 47.5 Å². The maximum atomic E-state index is 11.9. The van der Waals surface area contributed by atoms with Crippen LogP contribution in [0.4, 0.5) is 0 Å². The number of phenolic OH excluding ortho intramolecular Hbond substituents is 3. The van der Waals surface area contributed by atoms with Gasteiger partial charge in [0.15, 0.2) is 11.5 Å². The summed E-state index contributed by atoms with van der Waals surface area (Å²) in [7, 11) is -4.13. The highest BCUT2D eigenvalue weighted by atomic mass is 32.2. The fourth-order valence-electron chi connectivity index (χ4n) is 1.71. The van der Waals surface area contributed by atoms with Crippen LogP contribution in [0.1, 0.15) is 11.1 Å². The first-order valence-corrected chi connectivity index (χ1v) is 8.48. The van der Waals surface area contributed by atoms with Crippen molar-refractivity contribution in [3.8, 4) is 17.2 Å². The Kier molecular flexibility index (Phi) is 5.52. The number of hydrogen-bond donors (Lipinski definition) is 5. The molecule has 0 spiro atoms. The number of nitrogens with zero attached hydrogens (tertiary/aromatic N) is 2. The second-order valence-electron chi connectivity index (χ2n) is 5.06. The van der Waals surface area contributed by atoms with Crippen LogP contribution in [0.2, 0.25) is 0 Å². The van der Waals surface area contributed by atoms with Crippen LogP contribution >= 0.6 is 0 Å². The highest BCUT2D eigenvalue weighted by molar-refractivity contribution is 7.86. The number of nitrogens with two attached hydrogens (primary N) is 1. The molecule has 0 radical (unpaired) electrons. The SMILES string of the molecule is Cc1ccc(S(=O)(=O)ON=C(N)NN=Cc2ccc(O)c(O)c2O)cc1. The van der Waals surface area contributed by atoms with Crippen LogP contribution in [-0.4, -0.2) is 35.9 Å². The van der Waals surface area contributed by atoms with Gasteiger partial charge in [-0.3, -0.25) is 4.28 Å². The maximum Gasteiger partial charge on any atom is 0.358 e. The first kappa shape index (κ1) is 18.9. The van der Waals surface area contributed by atoms with Crippen LogP contribution < -0.4 is 11.2 Å². The van der Waals surface area contributed by atoms with Gasteiger partial charge in [0.2, 0.25) is 5.75 Å². The largest absolute Gasteiger partial charge is 0.504 e. The van der Waals surface area contributed by atoms with Gasteiger partial charge < -0.3 is 21.1 Å². The van der Waals surface area contributed by atoms with Gasteiger partial charge in [0.05, 0.1) is 6.21 Å². The van der Waals surface area contributed by atoms with Crippen molar-refractivity contribution in [1.82, 2.24) is 5.43 Å². The summed E-state index contributed by atoms with van der Waals surface area (Å²) in [6.45, 7) is 1.81. The Balaban J connectivity index is 2.02. The molecule has 0 aliphatic rings. The van der Waals surface area contributed by atoms with Crippen molar-refractivity contribution < 1.29 is 28.0 Å². The first-order valence-electron chi connectivity index (χ1n) is 7.07. The summed E-state index contributed by atoms with van der Waals surface area (Å²) >= 11 is 0. The maximum absolute atomic E-state index is 11.9. The molecule has 26 heavy (non-hydrogen) atoms. The highest BCUT2D eigenvalue weighted by Gasteiger charge is 2.15. The van der Waals surface area contributed by atoms with Gasteiger partial charge in [-0.1, -0.05) is 17.7 Å². The van der Waals surface area contributed by atoms with Gasteiger partial charge in [-0.25, -0.2) is 5.43 Å². The number of hydrazone groups is 1. The lowest BCUT2D eigenvalue weighted by molar-refractivity contribution is 0.336. The van der Waals surface area contributed by atoms with E-state index < -0.39 is 33.3 Å². The topological polar surface area (TPSA) is 167 Å². The molecule has 0 saturated carbocycles. The van der Waals surface area contributed by atoms with E-state index in [1.807, 2.05) is 0 Å². The van der Waals surface area contributed by atoms with Crippen LogP contribution in [0, 0.1) is 6.92 Å². The van der Waals surface area contributed by atoms with E-state index in [9.17, 15) is 23.7 Å². The third kappa shape index (κ3) is 4.54. The quantitative estimate of drug-likeness (QED) is 0.218. The van der Waals surface area contributed by atoms with Crippen LogP contribution in [0.25, 0.3) is 0 Å². The van der Waals surface area contributed by atoms with Gasteiger partial charge in [0, 0.05) is 5.56 Å². The van der Waals surface area contributed by atoms with E-state index in [4.69, 9.17) is 5.73 Å². The van der Waals surface area contributed by atoms with Crippen molar-refractivity contribution >= 4 is 22.3 Å². The molecule has 0 aliphatic carbocycles. The molecule has 0 amide bonds. The summed E-state index contributed by atoms with van der Waals surface area (Å²) in [4.78, 5) is -0.0901. The van der Waals surface area contributed by atoms with E-state index in [2.05, 4.69) is 20.0 Å². The fourth-order valence-corrected chi connectivity index (χ4v) is 2.45. The Morgan fingerprint density at radius 1 is 1.12 bits per heavy atom. The van der Waals surface area contributed by atoms with Crippen LogP contribution in [0.3, 0.4) is 0 Å². The molecule has 0 atom stereocenters. The van der Waals surface area contributed by atoms with Crippen molar-refractivity contribution in [1.29, 1.82) is 0 Å². The minimum Gasteiger partial charge on any atom is -0.504 e. The number of oxime groups is 1. The molecule has 0 heterocycles. The van der Waals surface area contributed by atoms with E-state index in [1.54, 1.807) is 19.1 Å². The molecule has 6 N–H and O–H groups in total. The van der Waals surface area contributed by atoms with Crippen molar-refractivity contribution in [2.45, 2.75) is 11.8 Å². The number of phenols is 3. The molecular weight excluding hydrogens is 364 g/mol. The molecule has 0 aliphatic heterocycles. The minimum atomic E-state index is -4.13. The smallest absolute Gasteiger partial charge is 0.358 e. The Bertz CT molecular complexity index is 955. The number of nitrogens with one attached hydrogen (secondary N) is 1. The zero-order valence-corrected chi connectivity index (χ0v) is 14.3. The minimum absolute atomic E-state index is 0.0637. The predicted octanol–water partition coefficient (Wildman–Crippen LogP) is 0.671. The van der Waals surface area contributed by atoms with Gasteiger partial charge in [-0.05, 0) is 36.3 Å². The van der Waals surface area contributed by atoms with Crippen molar-refractivity contribution in [3.63, 3.8) is 0 Å². The molecule has 2 rings (SSSR count). The molecule has 2 aromatic rings. The zero-order valence-electron chi connectivity index (χ0n) is 13.5. The normalized spacial score (nSPS) is 12.3. The number of benzene rings is 2. The predicted molar refractivity (Wildman–Crippen MR) is 93.2 cm³/mol. The van der Waals surface area contributed by atoms with Gasteiger partial charge in [-0.15, -0.1) is 0 Å². The summed E-state index contributed by atoms with van der Waals surface area (Å²) in [5.41, 5.74) is 8.55. The van der Waals surface area contributed by atoms with Crippen LogP contribution in [0.15, 0.2) is 51.6 Å². The fraction of sp³-hybridized carbons (Fsp3) is 0.0667. The lowest BCUT2D eigenvalue weighted by atomic mass is 10.2. The van der Waals surface area contributed by atoms with Gasteiger partial charge in [-0.2, -0.15) is 13.5 Å². The summed E-state index contributed by atoms with van der Waals surface area (Å²) in [5, 5.41) is 35.0. The number of aryl methyl sites for hydroxylation is 1. The zero-order chi connectivity index (χ0) is 19.3. The van der Waals surface area contributed by atoms with Crippen molar-refractivity contribution in [2.24, 2.45) is 16.0 Å². The van der Waals surface area contributed by atoms with Crippen LogP contribution in [-0.2, 0) is 14.4 Å². The summed E-state index contributed by atoms with van der Waals surface area (Å²) in [5.74, 6) is -2.27. The third-order valence-electron chi connectivity index (χ3n) is 3.09. The summed E-state index contributed by atoms with van der Waals surface area (Å²) in [6, 6.07) is 8.35. The first-order chi connectivity index (χ1) is 12.2. The number of rotatable bonds is 5. The summed E-state index contributed by atoms with van der Waals surface area (Å²) in [6.07, 6.45) is 1.06. The molecule has 0 aromatic heterocycles. The lowest BCUT2D eigenvalue weighted by Crippen LogP contribution is -2.28. The number of aromatic hydroxyl groups is 3. The van der Waals surface area contributed by atoms with E-state index in [0.717, 1.165) is 17.8 Å². The molecular formula is C15H16N4O6S. The molecule has 2 aromatic carbocycles.